The summed E-state index contributed by atoms with van der Waals surface area (Å²) in [6, 6.07) is 5.57. The van der Waals surface area contributed by atoms with Gasteiger partial charge in [0.2, 0.25) is 0 Å². The molecule has 1 N–H and O–H groups in total. The molecule has 5 nitrogen and oxygen atoms in total. The van der Waals surface area contributed by atoms with E-state index >= 15 is 0 Å². The Hall–Kier alpha value is -0.870. The normalized spacial score (nSPS) is 21.1. The van der Waals surface area contributed by atoms with Crippen molar-refractivity contribution in [3.05, 3.63) is 29.3 Å². The van der Waals surface area contributed by atoms with E-state index < -0.39 is 7.82 Å². The molecule has 23 heavy (non-hydrogen) atoms. The third kappa shape index (κ3) is 6.27. The van der Waals surface area contributed by atoms with Crippen molar-refractivity contribution < 1.29 is 23.5 Å². The first-order valence-electron chi connectivity index (χ1n) is 8.57. The lowest BCUT2D eigenvalue weighted by Gasteiger charge is -2.15. The summed E-state index contributed by atoms with van der Waals surface area (Å²) in [6.45, 7) is 2.46. The van der Waals surface area contributed by atoms with Gasteiger partial charge in [0.25, 0.3) is 0 Å². The van der Waals surface area contributed by atoms with Gasteiger partial charge in [0.05, 0.1) is 6.61 Å². The van der Waals surface area contributed by atoms with Gasteiger partial charge in [-0.25, -0.2) is 9.45 Å². The van der Waals surface area contributed by atoms with Crippen LogP contribution in [0.5, 0.6) is 5.75 Å². The van der Waals surface area contributed by atoms with Crippen LogP contribution in [0.3, 0.4) is 0 Å². The fourth-order valence-corrected chi connectivity index (χ4v) is 3.53. The molecule has 0 aliphatic carbocycles. The summed E-state index contributed by atoms with van der Waals surface area (Å²) in [7, 11) is -4.20. The molecule has 1 aromatic carbocycles. The average molecular weight is 342 g/mol. The molecule has 1 atom stereocenters. The highest BCUT2D eigenvalue weighted by Crippen LogP contribution is 2.46. The van der Waals surface area contributed by atoms with Crippen molar-refractivity contribution in [3.8, 4) is 5.75 Å². The summed E-state index contributed by atoms with van der Waals surface area (Å²) >= 11 is 0. The monoisotopic (exact) mass is 342 g/mol. The molecular formula is C17H27O5P. The van der Waals surface area contributed by atoms with Crippen molar-refractivity contribution in [2.45, 2.75) is 64.7 Å². The first-order valence-corrected chi connectivity index (χ1v) is 10.1. The van der Waals surface area contributed by atoms with Crippen molar-refractivity contribution in [2.24, 2.45) is 0 Å². The summed E-state index contributed by atoms with van der Waals surface area (Å²) in [5.41, 5.74) is 2.10. The molecule has 1 unspecified atom stereocenters. The molecule has 1 aliphatic rings. The second kappa shape index (κ2) is 9.43. The van der Waals surface area contributed by atoms with E-state index in [2.05, 4.69) is 11.6 Å². The Kier molecular flexibility index (Phi) is 7.57. The Morgan fingerprint density at radius 1 is 1.13 bits per heavy atom. The number of phosphoric ester groups is 1. The molecule has 1 aliphatic heterocycles. The van der Waals surface area contributed by atoms with Crippen LogP contribution in [0.1, 0.15) is 63.0 Å². The molecule has 1 aromatic rings. The van der Waals surface area contributed by atoms with Gasteiger partial charge in [0.1, 0.15) is 5.75 Å². The molecule has 2 rings (SSSR count). The van der Waals surface area contributed by atoms with Gasteiger partial charge in [-0.2, -0.15) is 0 Å². The van der Waals surface area contributed by atoms with Crippen LogP contribution >= 0.6 is 7.82 Å². The second-order valence-electron chi connectivity index (χ2n) is 5.97. The Balaban J connectivity index is 1.94. The number of phosphoric acid groups is 1. The van der Waals surface area contributed by atoms with Crippen molar-refractivity contribution in [1.82, 2.24) is 0 Å². The number of unbranched alkanes of at least 4 members (excludes halogenated alkanes) is 6. The van der Waals surface area contributed by atoms with E-state index in [1.165, 1.54) is 38.5 Å². The zero-order valence-corrected chi connectivity index (χ0v) is 14.7. The summed E-state index contributed by atoms with van der Waals surface area (Å²) in [5, 5.41) is 0. The van der Waals surface area contributed by atoms with Gasteiger partial charge in [-0.3, -0.25) is 4.89 Å². The lowest BCUT2D eigenvalue weighted by Crippen LogP contribution is -2.00. The van der Waals surface area contributed by atoms with E-state index in [1.807, 2.05) is 12.1 Å². The molecule has 0 radical (unpaired) electrons. The van der Waals surface area contributed by atoms with Crippen molar-refractivity contribution >= 4 is 7.82 Å². The molecule has 0 amide bonds. The molecule has 6 heteroatoms. The molecule has 0 saturated heterocycles. The van der Waals surface area contributed by atoms with E-state index in [1.54, 1.807) is 6.07 Å². The molecule has 2 bridgehead atoms. The third-order valence-electron chi connectivity index (χ3n) is 4.08. The van der Waals surface area contributed by atoms with Crippen molar-refractivity contribution in [1.29, 1.82) is 0 Å². The fraction of sp³-hybridized carbons (Fsp3) is 0.647. The van der Waals surface area contributed by atoms with Gasteiger partial charge in [-0.05, 0) is 36.5 Å². The quantitative estimate of drug-likeness (QED) is 0.411. The predicted octanol–water partition coefficient (Wildman–Crippen LogP) is 4.96. The standard InChI is InChI=1S/C17H27O5P/c1-2-3-4-5-6-7-8-11-16-15-10-9-12-17(16)21-23(18,19)22-20-14-13-15/h9-10,12H,2-8,11,13-14H2,1H3,(H,18,19). The van der Waals surface area contributed by atoms with E-state index in [0.717, 1.165) is 24.0 Å². The largest absolute Gasteiger partial charge is 0.555 e. The maximum absolute atomic E-state index is 11.8. The minimum atomic E-state index is -4.20. The minimum absolute atomic E-state index is 0.237. The Morgan fingerprint density at radius 3 is 2.65 bits per heavy atom. The highest BCUT2D eigenvalue weighted by Gasteiger charge is 2.28. The topological polar surface area (TPSA) is 65.0 Å². The maximum atomic E-state index is 11.8. The van der Waals surface area contributed by atoms with E-state index in [4.69, 9.17) is 9.41 Å². The van der Waals surface area contributed by atoms with Crippen LogP contribution in [0.2, 0.25) is 0 Å². The summed E-state index contributed by atoms with van der Waals surface area (Å²) < 4.78 is 21.4. The number of benzene rings is 1. The molecule has 130 valence electrons. The Labute approximate surface area is 138 Å². The molecule has 1 heterocycles. The van der Waals surface area contributed by atoms with Crippen LogP contribution in [0.4, 0.5) is 0 Å². The fourth-order valence-electron chi connectivity index (χ4n) is 2.87. The van der Waals surface area contributed by atoms with Gasteiger partial charge in [-0.15, -0.1) is 4.67 Å². The number of hydrogen-bond acceptors (Lipinski definition) is 4. The molecule has 0 aromatic heterocycles. The van der Waals surface area contributed by atoms with Crippen LogP contribution < -0.4 is 4.52 Å². The third-order valence-corrected chi connectivity index (χ3v) is 4.80. The second-order valence-corrected chi connectivity index (χ2v) is 7.24. The minimum Gasteiger partial charge on any atom is -0.402 e. The first kappa shape index (κ1) is 18.5. The molecule has 0 fully saturated rings. The average Bonchev–Trinajstić information content (AvgIpc) is 2.54. The maximum Gasteiger partial charge on any atom is 0.555 e. The van der Waals surface area contributed by atoms with Gasteiger partial charge in [0.15, 0.2) is 0 Å². The van der Waals surface area contributed by atoms with Crippen molar-refractivity contribution in [3.63, 3.8) is 0 Å². The Bertz CT molecular complexity index is 532. The first-order chi connectivity index (χ1) is 11.1. The molecule has 0 saturated carbocycles. The Morgan fingerprint density at radius 2 is 1.87 bits per heavy atom. The van der Waals surface area contributed by atoms with Crippen LogP contribution in [0.25, 0.3) is 0 Å². The molecule has 0 spiro atoms. The lowest BCUT2D eigenvalue weighted by molar-refractivity contribution is -0.219. The van der Waals surface area contributed by atoms with Crippen LogP contribution in [-0.2, 0) is 27.0 Å². The molecular weight excluding hydrogens is 315 g/mol. The van der Waals surface area contributed by atoms with E-state index in [-0.39, 0.29) is 6.61 Å². The highest BCUT2D eigenvalue weighted by atomic mass is 31.2. The van der Waals surface area contributed by atoms with Gasteiger partial charge < -0.3 is 4.52 Å². The smallest absolute Gasteiger partial charge is 0.402 e. The predicted molar refractivity (Wildman–Crippen MR) is 89.3 cm³/mol. The number of rotatable bonds is 8. The van der Waals surface area contributed by atoms with Gasteiger partial charge in [0, 0.05) is 0 Å². The lowest BCUT2D eigenvalue weighted by atomic mass is 9.97. The van der Waals surface area contributed by atoms with Gasteiger partial charge in [-0.1, -0.05) is 57.6 Å². The summed E-state index contributed by atoms with van der Waals surface area (Å²) in [4.78, 5) is 14.4. The number of fused-ring (bicyclic) bond motifs is 2. The summed E-state index contributed by atoms with van der Waals surface area (Å²) in [6.07, 6.45) is 10.1. The van der Waals surface area contributed by atoms with E-state index in [9.17, 15) is 9.46 Å². The van der Waals surface area contributed by atoms with E-state index in [0.29, 0.717) is 12.2 Å². The number of hydrogen-bond donors (Lipinski definition) is 1. The van der Waals surface area contributed by atoms with Crippen molar-refractivity contribution in [2.75, 3.05) is 6.61 Å². The van der Waals surface area contributed by atoms with Crippen LogP contribution in [-0.4, -0.2) is 11.5 Å². The van der Waals surface area contributed by atoms with Crippen LogP contribution in [0, 0.1) is 0 Å². The SMILES string of the molecule is CCCCCCCCCc1c2cccc1OP(=O)(O)OOCC2. The zero-order chi connectivity index (χ0) is 16.5. The van der Waals surface area contributed by atoms with Crippen LogP contribution in [0.15, 0.2) is 18.2 Å². The zero-order valence-electron chi connectivity index (χ0n) is 13.8. The summed E-state index contributed by atoms with van der Waals surface area (Å²) in [5.74, 6) is 0.435. The highest BCUT2D eigenvalue weighted by molar-refractivity contribution is 7.47. The van der Waals surface area contributed by atoms with Gasteiger partial charge >= 0.3 is 7.82 Å².